The topological polar surface area (TPSA) is 202 Å². The molecule has 0 aliphatic carbocycles. The Kier molecular flexibility index (Phi) is 20.8. The summed E-state index contributed by atoms with van der Waals surface area (Å²) >= 11 is 4.84. The molecule has 9 aromatic rings. The van der Waals surface area contributed by atoms with E-state index in [2.05, 4.69) is 135 Å². The van der Waals surface area contributed by atoms with Crippen molar-refractivity contribution in [1.82, 2.24) is 39.7 Å². The number of amides is 1. The van der Waals surface area contributed by atoms with Crippen molar-refractivity contribution in [3.05, 3.63) is 119 Å². The number of thiophene rings is 3. The number of benzene rings is 3. The number of aliphatic hydroxyl groups is 1. The third kappa shape index (κ3) is 14.4. The molecule has 496 valence electrons. The van der Waals surface area contributed by atoms with E-state index in [1.807, 2.05) is 24.3 Å². The van der Waals surface area contributed by atoms with Crippen LogP contribution in [0.5, 0.6) is 0 Å². The number of morpholine rings is 1. The van der Waals surface area contributed by atoms with Gasteiger partial charge in [-0.15, -0.1) is 34.0 Å². The summed E-state index contributed by atoms with van der Waals surface area (Å²) < 4.78 is 11.6. The lowest BCUT2D eigenvalue weighted by atomic mass is 9.87. The lowest BCUT2D eigenvalue weighted by Crippen LogP contribution is -2.46. The Morgan fingerprint density at radius 2 is 1.26 bits per heavy atom. The predicted molar refractivity (Wildman–Crippen MR) is 385 cm³/mol. The lowest BCUT2D eigenvalue weighted by molar-refractivity contribution is -0.122. The van der Waals surface area contributed by atoms with Crippen molar-refractivity contribution in [2.24, 2.45) is 23.5 Å². The van der Waals surface area contributed by atoms with Crippen LogP contribution >= 0.6 is 34.0 Å². The number of fused-ring (bicyclic) bond motifs is 5. The Morgan fingerprint density at radius 1 is 0.642 bits per heavy atom. The average Bonchev–Trinajstić information content (AvgIpc) is 1.70. The van der Waals surface area contributed by atoms with Gasteiger partial charge in [0.1, 0.15) is 55.5 Å². The number of hydrogen-bond donors (Lipinski definition) is 2. The third-order valence-corrected chi connectivity index (χ3v) is 23.9. The van der Waals surface area contributed by atoms with E-state index in [0.29, 0.717) is 41.4 Å². The van der Waals surface area contributed by atoms with Crippen molar-refractivity contribution in [1.29, 1.82) is 5.26 Å². The van der Waals surface area contributed by atoms with Gasteiger partial charge in [-0.3, -0.25) is 4.79 Å². The third-order valence-electron chi connectivity index (χ3n) is 21.1. The minimum absolute atomic E-state index is 0.0500. The van der Waals surface area contributed by atoms with Crippen LogP contribution in [0.15, 0.2) is 114 Å². The number of rotatable bonds is 17. The van der Waals surface area contributed by atoms with E-state index in [-0.39, 0.29) is 17.9 Å². The van der Waals surface area contributed by atoms with Crippen LogP contribution in [0.3, 0.4) is 0 Å². The molecule has 5 unspecified atom stereocenters. The number of carbonyl (C=O) groups is 1. The minimum Gasteiger partial charge on any atom is -0.396 e. The molecule has 1 amide bonds. The van der Waals surface area contributed by atoms with Gasteiger partial charge in [-0.25, -0.2) is 24.9 Å². The maximum absolute atomic E-state index is 12.0. The molecule has 0 saturated carbocycles. The number of hydrogen-bond acceptors (Lipinski definition) is 20. The van der Waals surface area contributed by atoms with Crippen LogP contribution in [-0.2, 0) is 14.3 Å². The first-order valence-corrected chi connectivity index (χ1v) is 37.2. The highest BCUT2D eigenvalue weighted by Gasteiger charge is 2.43. The van der Waals surface area contributed by atoms with E-state index >= 15 is 0 Å². The van der Waals surface area contributed by atoms with Crippen LogP contribution in [0.4, 0.5) is 23.4 Å². The van der Waals surface area contributed by atoms with Gasteiger partial charge in [0.25, 0.3) is 0 Å². The summed E-state index contributed by atoms with van der Waals surface area (Å²) in [5.41, 5.74) is 12.6. The molecule has 2 bridgehead atoms. The molecule has 95 heavy (non-hydrogen) atoms. The van der Waals surface area contributed by atoms with Crippen molar-refractivity contribution >= 4 is 94.0 Å². The van der Waals surface area contributed by atoms with E-state index in [9.17, 15) is 15.2 Å². The van der Waals surface area contributed by atoms with E-state index < -0.39 is 0 Å². The molecule has 6 aromatic heterocycles. The SMILES string of the molecule is CN1CCCC1CCC1CC(C(N)=O)CCN1c1ncnc2scc(-c3ccccc3)c12.N#Cc1sc2ncnc(N3CCC(COCCN4CCCC4)CC3)c2c1-c1ccccc1.OCC1CC2CCC(C1)N2c1nc(N2CCOCC2)c2c(-c3ccccc3)csc2n1. The Hall–Kier alpha value is -7.26. The minimum atomic E-state index is -0.166. The fourth-order valence-corrected chi connectivity index (χ4v) is 18.8. The number of nitriles is 1. The number of anilines is 4. The Balaban J connectivity index is 0.000000123. The number of ether oxygens (including phenoxy) is 2. The van der Waals surface area contributed by atoms with Crippen molar-refractivity contribution < 1.29 is 19.4 Å². The zero-order valence-electron chi connectivity index (χ0n) is 54.6. The molecular weight excluding hydrogens is 1250 g/mol. The van der Waals surface area contributed by atoms with Gasteiger partial charge < -0.3 is 49.7 Å². The second-order valence-corrected chi connectivity index (χ2v) is 29.6. The maximum Gasteiger partial charge on any atom is 0.229 e. The highest BCUT2D eigenvalue weighted by atomic mass is 32.1. The van der Waals surface area contributed by atoms with E-state index in [0.717, 1.165) is 177 Å². The number of aromatic nitrogens is 6. The van der Waals surface area contributed by atoms with Crippen LogP contribution in [0, 0.1) is 29.1 Å². The molecular formula is C74H88N14O4S3. The molecule has 16 rings (SSSR count). The molecule has 21 heteroatoms. The first kappa shape index (κ1) is 65.0. The molecule has 0 radical (unpaired) electrons. The van der Waals surface area contributed by atoms with Crippen molar-refractivity contribution in [2.75, 3.05) is 119 Å². The molecule has 5 atom stereocenters. The molecule has 7 aliphatic heterocycles. The summed E-state index contributed by atoms with van der Waals surface area (Å²) in [5, 5.41) is 27.2. The largest absolute Gasteiger partial charge is 0.396 e. The fraction of sp³-hybridized carbons (Fsp3) is 0.486. The normalized spacial score (nSPS) is 22.7. The Labute approximate surface area is 569 Å². The molecule has 13 heterocycles. The molecule has 7 saturated heterocycles. The molecule has 18 nitrogen and oxygen atoms in total. The monoisotopic (exact) mass is 1330 g/mol. The Morgan fingerprint density at radius 3 is 1.91 bits per heavy atom. The fourth-order valence-electron chi connectivity index (χ4n) is 16.0. The molecule has 0 spiro atoms. The van der Waals surface area contributed by atoms with E-state index in [1.54, 1.807) is 35.3 Å². The van der Waals surface area contributed by atoms with Crippen molar-refractivity contribution in [3.63, 3.8) is 0 Å². The van der Waals surface area contributed by atoms with Gasteiger partial charge in [-0.05, 0) is 145 Å². The second kappa shape index (κ2) is 30.4. The second-order valence-electron chi connectivity index (χ2n) is 26.9. The zero-order chi connectivity index (χ0) is 64.6. The number of piperidine rings is 3. The quantitative estimate of drug-likeness (QED) is 0.0814. The van der Waals surface area contributed by atoms with Crippen LogP contribution in [0.1, 0.15) is 94.8 Å². The van der Waals surface area contributed by atoms with Gasteiger partial charge in [-0.2, -0.15) is 10.2 Å². The molecule has 7 aliphatic rings. The smallest absolute Gasteiger partial charge is 0.229 e. The summed E-state index contributed by atoms with van der Waals surface area (Å²) in [5.74, 6) is 4.69. The molecule has 7 fully saturated rings. The van der Waals surface area contributed by atoms with Crippen molar-refractivity contribution in [2.45, 2.75) is 114 Å². The van der Waals surface area contributed by atoms with Crippen LogP contribution in [-0.4, -0.2) is 174 Å². The van der Waals surface area contributed by atoms with Crippen molar-refractivity contribution in [3.8, 4) is 39.4 Å². The highest BCUT2D eigenvalue weighted by Crippen LogP contribution is 2.47. The van der Waals surface area contributed by atoms with Gasteiger partial charge in [0.15, 0.2) is 0 Å². The first-order valence-electron chi connectivity index (χ1n) is 34.6. The highest BCUT2D eigenvalue weighted by molar-refractivity contribution is 7.20. The number of aliphatic hydroxyl groups excluding tert-OH is 1. The molecule has 3 N–H and O–H groups in total. The number of likely N-dealkylation sites (tertiary alicyclic amines) is 2. The average molecular weight is 1330 g/mol. The summed E-state index contributed by atoms with van der Waals surface area (Å²) in [4.78, 5) is 59.2. The summed E-state index contributed by atoms with van der Waals surface area (Å²) in [7, 11) is 2.23. The van der Waals surface area contributed by atoms with Gasteiger partial charge in [0.05, 0.1) is 36.0 Å². The lowest BCUT2D eigenvalue weighted by Gasteiger charge is -2.40. The molecule has 3 aromatic carbocycles. The predicted octanol–water partition coefficient (Wildman–Crippen LogP) is 12.8. The van der Waals surface area contributed by atoms with Gasteiger partial charge in [0.2, 0.25) is 11.9 Å². The summed E-state index contributed by atoms with van der Waals surface area (Å²) in [6.07, 6.45) is 19.0. The standard InChI is InChI=1S/C25H31N5OS.C25H29N5OS.C24H28N4O2S/c1-29-12-5-8-19(29)9-10-20-14-18(23(26)31)11-13-30(20)24-22-21(17-6-3-2-4-7-17)15-32-25(22)28-16-27-24;26-16-21-22(20-6-2-1-3-7-20)23-24(27-18-28-25(23)32-21)30-12-8-19(9-13-30)17-31-15-14-29-10-4-5-11-29;29-14-16-12-18-6-7-19(13-16)28(18)24-25-22(27-8-10-30-11-9-27)21-20(15-31-23(21)26-24)17-4-2-1-3-5-17/h2-4,6-7,15-16,18-20H,5,8-14H2,1H3,(H2,26,31);1-3,6-7,18-19H,4-5,8-15,17H2;1-5,15-16,18-19,29H,6-14H2. The summed E-state index contributed by atoms with van der Waals surface area (Å²) in [6.45, 7) is 12.6. The van der Waals surface area contributed by atoms with Gasteiger partial charge in [-0.1, -0.05) is 91.0 Å². The number of nitrogens with two attached hydrogens (primary N) is 1. The zero-order valence-corrected chi connectivity index (χ0v) is 57.0. The van der Waals surface area contributed by atoms with Crippen LogP contribution < -0.4 is 25.3 Å². The first-order chi connectivity index (χ1) is 46.8. The number of primary amides is 1. The van der Waals surface area contributed by atoms with E-state index in [1.165, 1.54) is 97.1 Å². The number of nitrogens with zero attached hydrogens (tertiary/aromatic N) is 13. The van der Waals surface area contributed by atoms with Gasteiger partial charge in [0, 0.05) is 110 Å². The number of carbonyl (C=O) groups excluding carboxylic acids is 1. The van der Waals surface area contributed by atoms with E-state index in [4.69, 9.17) is 30.2 Å². The van der Waals surface area contributed by atoms with Gasteiger partial charge >= 0.3 is 0 Å². The van der Waals surface area contributed by atoms with Crippen LogP contribution in [0.25, 0.3) is 64.0 Å². The Bertz CT molecular complexity index is 4040. The maximum atomic E-state index is 12.0. The summed E-state index contributed by atoms with van der Waals surface area (Å²) in [6, 6.07) is 35.3. The van der Waals surface area contributed by atoms with Crippen LogP contribution in [0.2, 0.25) is 0 Å².